The maximum absolute atomic E-state index is 11.6. The molecule has 1 unspecified atom stereocenters. The summed E-state index contributed by atoms with van der Waals surface area (Å²) >= 11 is 0. The molecule has 0 aliphatic carbocycles. The largest absolute Gasteiger partial charge is 0.468 e. The van der Waals surface area contributed by atoms with Crippen LogP contribution in [0.25, 0.3) is 0 Å². The first-order valence-electron chi connectivity index (χ1n) is 6.60. The van der Waals surface area contributed by atoms with Crippen molar-refractivity contribution >= 4 is 5.97 Å². The van der Waals surface area contributed by atoms with Crippen LogP contribution in [0.1, 0.15) is 27.2 Å². The third-order valence-corrected chi connectivity index (χ3v) is 2.81. The number of carbonyl (C=O) groups excluding carboxylic acids is 1. The lowest BCUT2D eigenvalue weighted by molar-refractivity contribution is -0.143. The number of carbonyl (C=O) groups is 1. The van der Waals surface area contributed by atoms with Gasteiger partial charge in [-0.15, -0.1) is 0 Å². The number of hydrogen-bond acceptors (Lipinski definition) is 5. The number of rotatable bonds is 10. The van der Waals surface area contributed by atoms with Crippen LogP contribution in [0, 0.1) is 0 Å². The average molecular weight is 260 g/mol. The van der Waals surface area contributed by atoms with E-state index in [1.165, 1.54) is 7.11 Å². The topological polar surface area (TPSA) is 50.8 Å². The molecule has 5 heteroatoms. The highest BCUT2D eigenvalue weighted by Crippen LogP contribution is 2.01. The normalized spacial score (nSPS) is 13.1. The van der Waals surface area contributed by atoms with Crippen LogP contribution < -0.4 is 5.32 Å². The molecular weight excluding hydrogens is 232 g/mol. The second kappa shape index (κ2) is 10.3. The number of nitrogens with one attached hydrogen (secondary N) is 1. The molecule has 0 aromatic carbocycles. The van der Waals surface area contributed by atoms with Crippen molar-refractivity contribution in [2.45, 2.75) is 39.3 Å². The number of esters is 1. The number of ether oxygens (including phenoxy) is 2. The van der Waals surface area contributed by atoms with Gasteiger partial charge in [0.25, 0.3) is 0 Å². The van der Waals surface area contributed by atoms with Crippen molar-refractivity contribution in [1.29, 1.82) is 0 Å². The summed E-state index contributed by atoms with van der Waals surface area (Å²) in [5.41, 5.74) is 0. The van der Waals surface area contributed by atoms with E-state index in [-0.39, 0.29) is 18.1 Å². The maximum Gasteiger partial charge on any atom is 0.322 e. The number of hydrogen-bond donors (Lipinski definition) is 1. The van der Waals surface area contributed by atoms with E-state index in [4.69, 9.17) is 9.47 Å². The molecule has 0 bridgehead atoms. The predicted molar refractivity (Wildman–Crippen MR) is 72.7 cm³/mol. The SMILES string of the molecule is CCN(CCOC)CCC(NC(C)C)C(=O)OC. The zero-order valence-electron chi connectivity index (χ0n) is 12.4. The van der Waals surface area contributed by atoms with Crippen molar-refractivity contribution < 1.29 is 14.3 Å². The molecular formula is C13H28N2O3. The smallest absolute Gasteiger partial charge is 0.322 e. The van der Waals surface area contributed by atoms with Crippen LogP contribution in [-0.2, 0) is 14.3 Å². The van der Waals surface area contributed by atoms with Gasteiger partial charge >= 0.3 is 5.97 Å². The Morgan fingerprint density at radius 3 is 2.39 bits per heavy atom. The van der Waals surface area contributed by atoms with E-state index in [0.29, 0.717) is 6.61 Å². The summed E-state index contributed by atoms with van der Waals surface area (Å²) in [7, 11) is 3.13. The molecule has 0 aromatic heterocycles. The maximum atomic E-state index is 11.6. The molecule has 0 spiro atoms. The van der Waals surface area contributed by atoms with Crippen molar-refractivity contribution in [2.24, 2.45) is 0 Å². The summed E-state index contributed by atoms with van der Waals surface area (Å²) in [5.74, 6) is -0.188. The summed E-state index contributed by atoms with van der Waals surface area (Å²) in [4.78, 5) is 13.9. The number of nitrogens with zero attached hydrogens (tertiary/aromatic N) is 1. The first-order chi connectivity index (χ1) is 8.54. The minimum Gasteiger partial charge on any atom is -0.468 e. The van der Waals surface area contributed by atoms with Gasteiger partial charge in [-0.3, -0.25) is 4.79 Å². The van der Waals surface area contributed by atoms with Gasteiger partial charge in [-0.25, -0.2) is 0 Å². The fourth-order valence-electron chi connectivity index (χ4n) is 1.77. The molecule has 0 saturated heterocycles. The van der Waals surface area contributed by atoms with Gasteiger partial charge in [-0.1, -0.05) is 20.8 Å². The molecule has 0 aliphatic rings. The molecule has 0 aromatic rings. The molecule has 0 heterocycles. The zero-order valence-corrected chi connectivity index (χ0v) is 12.4. The van der Waals surface area contributed by atoms with E-state index >= 15 is 0 Å². The van der Waals surface area contributed by atoms with Gasteiger partial charge < -0.3 is 19.7 Å². The van der Waals surface area contributed by atoms with Gasteiger partial charge in [0.2, 0.25) is 0 Å². The van der Waals surface area contributed by atoms with Gasteiger partial charge in [0.1, 0.15) is 6.04 Å². The molecule has 5 nitrogen and oxygen atoms in total. The lowest BCUT2D eigenvalue weighted by atomic mass is 10.1. The molecule has 0 radical (unpaired) electrons. The molecule has 1 N–H and O–H groups in total. The Balaban J connectivity index is 4.17. The van der Waals surface area contributed by atoms with E-state index in [2.05, 4.69) is 17.1 Å². The minimum absolute atomic E-state index is 0.188. The lowest BCUT2D eigenvalue weighted by Crippen LogP contribution is -2.44. The Kier molecular flexibility index (Phi) is 9.92. The van der Waals surface area contributed by atoms with E-state index in [0.717, 1.165) is 26.1 Å². The standard InChI is InChI=1S/C13H28N2O3/c1-6-15(9-10-17-4)8-7-12(13(16)18-5)14-11(2)3/h11-12,14H,6-10H2,1-5H3. The molecule has 1 atom stereocenters. The molecule has 0 fully saturated rings. The van der Waals surface area contributed by atoms with Crippen molar-refractivity contribution in [3.8, 4) is 0 Å². The third-order valence-electron chi connectivity index (χ3n) is 2.81. The van der Waals surface area contributed by atoms with Crippen LogP contribution >= 0.6 is 0 Å². The molecule has 0 saturated carbocycles. The second-order valence-corrected chi connectivity index (χ2v) is 4.61. The molecule has 18 heavy (non-hydrogen) atoms. The van der Waals surface area contributed by atoms with Crippen molar-refractivity contribution in [3.05, 3.63) is 0 Å². The monoisotopic (exact) mass is 260 g/mol. The first kappa shape index (κ1) is 17.4. The van der Waals surface area contributed by atoms with Crippen LogP contribution in [0.4, 0.5) is 0 Å². The van der Waals surface area contributed by atoms with E-state index in [1.807, 2.05) is 13.8 Å². The summed E-state index contributed by atoms with van der Waals surface area (Å²) in [5, 5.41) is 3.23. The minimum atomic E-state index is -0.230. The second-order valence-electron chi connectivity index (χ2n) is 4.61. The van der Waals surface area contributed by atoms with Gasteiger partial charge in [0.05, 0.1) is 13.7 Å². The van der Waals surface area contributed by atoms with E-state index < -0.39 is 0 Å². The number of methoxy groups -OCH3 is 2. The molecule has 0 amide bonds. The Morgan fingerprint density at radius 2 is 1.94 bits per heavy atom. The predicted octanol–water partition coefficient (Wildman–Crippen LogP) is 0.884. The Morgan fingerprint density at radius 1 is 1.28 bits per heavy atom. The molecule has 0 rings (SSSR count). The molecule has 0 aliphatic heterocycles. The van der Waals surface area contributed by atoms with Gasteiger partial charge in [-0.2, -0.15) is 0 Å². The van der Waals surface area contributed by atoms with Crippen molar-refractivity contribution in [1.82, 2.24) is 10.2 Å². The van der Waals surface area contributed by atoms with Crippen LogP contribution in [-0.4, -0.2) is 63.4 Å². The van der Waals surface area contributed by atoms with Gasteiger partial charge in [0.15, 0.2) is 0 Å². The van der Waals surface area contributed by atoms with Crippen molar-refractivity contribution in [3.63, 3.8) is 0 Å². The third kappa shape index (κ3) is 7.63. The van der Waals surface area contributed by atoms with Crippen molar-refractivity contribution in [2.75, 3.05) is 40.5 Å². The lowest BCUT2D eigenvalue weighted by Gasteiger charge is -2.24. The molecule has 108 valence electrons. The van der Waals surface area contributed by atoms with Gasteiger partial charge in [-0.05, 0) is 13.0 Å². The van der Waals surface area contributed by atoms with Crippen LogP contribution in [0.15, 0.2) is 0 Å². The fourth-order valence-corrected chi connectivity index (χ4v) is 1.77. The highest BCUT2D eigenvalue weighted by Gasteiger charge is 2.20. The first-order valence-corrected chi connectivity index (χ1v) is 6.60. The Bertz CT molecular complexity index is 222. The van der Waals surface area contributed by atoms with Crippen LogP contribution in [0.2, 0.25) is 0 Å². The average Bonchev–Trinajstić information content (AvgIpc) is 2.36. The summed E-state index contributed by atoms with van der Waals surface area (Å²) in [6, 6.07) is 0.0368. The summed E-state index contributed by atoms with van der Waals surface area (Å²) < 4.78 is 9.88. The zero-order chi connectivity index (χ0) is 14.0. The Hall–Kier alpha value is -0.650. The summed E-state index contributed by atoms with van der Waals surface area (Å²) in [6.45, 7) is 9.59. The van der Waals surface area contributed by atoms with E-state index in [9.17, 15) is 4.79 Å². The van der Waals surface area contributed by atoms with E-state index in [1.54, 1.807) is 7.11 Å². The summed E-state index contributed by atoms with van der Waals surface area (Å²) in [6.07, 6.45) is 0.752. The highest BCUT2D eigenvalue weighted by atomic mass is 16.5. The Labute approximate surface area is 111 Å². The van der Waals surface area contributed by atoms with Gasteiger partial charge in [0, 0.05) is 26.2 Å². The van der Waals surface area contributed by atoms with Crippen LogP contribution in [0.3, 0.4) is 0 Å². The highest BCUT2D eigenvalue weighted by molar-refractivity contribution is 5.75. The number of likely N-dealkylation sites (N-methyl/N-ethyl adjacent to an activating group) is 1. The quantitative estimate of drug-likeness (QED) is 0.591. The van der Waals surface area contributed by atoms with Crippen LogP contribution in [0.5, 0.6) is 0 Å². The fraction of sp³-hybridized carbons (Fsp3) is 0.923.